The first-order valence-electron chi connectivity index (χ1n) is 11.2. The molecule has 4 aromatic carbocycles. The number of rotatable bonds is 5. The highest BCUT2D eigenvalue weighted by Crippen LogP contribution is 2.35. The third-order valence-electron chi connectivity index (χ3n) is 6.08. The fourth-order valence-electron chi connectivity index (χ4n) is 4.37. The minimum atomic E-state index is -0.193. The number of para-hydroxylation sites is 1. The highest BCUT2D eigenvalue weighted by molar-refractivity contribution is 6.04. The third kappa shape index (κ3) is 3.75. The van der Waals surface area contributed by atoms with E-state index in [0.29, 0.717) is 30.2 Å². The van der Waals surface area contributed by atoms with E-state index in [4.69, 9.17) is 4.74 Å². The van der Waals surface area contributed by atoms with Gasteiger partial charge in [-0.1, -0.05) is 54.6 Å². The van der Waals surface area contributed by atoms with Crippen molar-refractivity contribution in [3.05, 3.63) is 114 Å². The summed E-state index contributed by atoms with van der Waals surface area (Å²) in [6, 6.07) is 31.4. The zero-order chi connectivity index (χ0) is 22.9. The number of aromatic amines is 1. The number of carbonyl (C=O) groups excluding carboxylic acids is 1. The van der Waals surface area contributed by atoms with Crippen LogP contribution in [0, 0.1) is 0 Å². The van der Waals surface area contributed by atoms with E-state index < -0.39 is 0 Å². The zero-order valence-corrected chi connectivity index (χ0v) is 18.4. The standard InChI is InChI=1S/C28H22N4O2/c33-28(20-13-15-22(16-14-20)34-21-9-2-1-3-10-21)29-27-24-17-32(18-25(24)30-31-27)26-12-6-8-19-7-4-5-11-23(19)26/h1-16H,17-18H2,(H2,29,30,31,33). The molecule has 0 radical (unpaired) electrons. The van der Waals surface area contributed by atoms with Gasteiger partial charge in [-0.25, -0.2) is 0 Å². The number of nitrogens with one attached hydrogen (secondary N) is 2. The molecular weight excluding hydrogens is 424 g/mol. The van der Waals surface area contributed by atoms with Gasteiger partial charge in [-0.2, -0.15) is 5.10 Å². The van der Waals surface area contributed by atoms with Crippen LogP contribution in [-0.2, 0) is 13.1 Å². The van der Waals surface area contributed by atoms with Gasteiger partial charge in [-0.3, -0.25) is 9.89 Å². The van der Waals surface area contributed by atoms with E-state index in [-0.39, 0.29) is 5.91 Å². The Kier molecular flexibility index (Phi) is 4.96. The Hall–Kier alpha value is -4.58. The lowest BCUT2D eigenvalue weighted by Crippen LogP contribution is -2.17. The Morgan fingerprint density at radius 2 is 1.56 bits per heavy atom. The largest absolute Gasteiger partial charge is 0.457 e. The monoisotopic (exact) mass is 446 g/mol. The number of H-pyrrole nitrogens is 1. The summed E-state index contributed by atoms with van der Waals surface area (Å²) in [5.74, 6) is 1.88. The fourth-order valence-corrected chi connectivity index (χ4v) is 4.37. The van der Waals surface area contributed by atoms with E-state index in [0.717, 1.165) is 17.0 Å². The molecule has 0 unspecified atom stereocenters. The first-order chi connectivity index (χ1) is 16.7. The molecule has 0 fully saturated rings. The molecule has 34 heavy (non-hydrogen) atoms. The first-order valence-corrected chi connectivity index (χ1v) is 11.2. The number of benzene rings is 4. The molecule has 6 rings (SSSR count). The molecule has 0 bridgehead atoms. The predicted octanol–water partition coefficient (Wildman–Crippen LogP) is 6.13. The molecule has 5 aromatic rings. The van der Waals surface area contributed by atoms with E-state index in [1.165, 1.54) is 16.5 Å². The Morgan fingerprint density at radius 3 is 2.41 bits per heavy atom. The van der Waals surface area contributed by atoms with Gasteiger partial charge in [0.15, 0.2) is 0 Å². The molecule has 2 N–H and O–H groups in total. The Morgan fingerprint density at radius 1 is 0.824 bits per heavy atom. The van der Waals surface area contributed by atoms with Crippen LogP contribution in [0.25, 0.3) is 10.8 Å². The van der Waals surface area contributed by atoms with Crippen molar-refractivity contribution in [1.82, 2.24) is 10.2 Å². The number of anilines is 2. The first kappa shape index (κ1) is 20.1. The number of ether oxygens (including phenoxy) is 1. The molecule has 0 spiro atoms. The van der Waals surface area contributed by atoms with Crippen LogP contribution >= 0.6 is 0 Å². The number of carbonyl (C=O) groups is 1. The van der Waals surface area contributed by atoms with E-state index in [2.05, 4.69) is 62.9 Å². The molecule has 0 aliphatic carbocycles. The minimum absolute atomic E-state index is 0.193. The van der Waals surface area contributed by atoms with Gasteiger partial charge in [0.1, 0.15) is 17.3 Å². The maximum atomic E-state index is 12.9. The highest BCUT2D eigenvalue weighted by atomic mass is 16.5. The zero-order valence-electron chi connectivity index (χ0n) is 18.4. The smallest absolute Gasteiger partial charge is 0.256 e. The molecule has 6 heteroatoms. The lowest BCUT2D eigenvalue weighted by Gasteiger charge is -2.20. The lowest BCUT2D eigenvalue weighted by molar-refractivity contribution is 0.102. The van der Waals surface area contributed by atoms with Crippen molar-refractivity contribution in [1.29, 1.82) is 0 Å². The van der Waals surface area contributed by atoms with Crippen LogP contribution in [-0.4, -0.2) is 16.1 Å². The normalized spacial score (nSPS) is 12.5. The second kappa shape index (κ2) is 8.41. The van der Waals surface area contributed by atoms with Crippen LogP contribution < -0.4 is 15.0 Å². The summed E-state index contributed by atoms with van der Waals surface area (Å²) in [6.07, 6.45) is 0. The summed E-state index contributed by atoms with van der Waals surface area (Å²) in [5.41, 5.74) is 3.69. The van der Waals surface area contributed by atoms with E-state index in [9.17, 15) is 4.79 Å². The van der Waals surface area contributed by atoms with Gasteiger partial charge in [-0.15, -0.1) is 0 Å². The molecule has 1 aliphatic rings. The van der Waals surface area contributed by atoms with Crippen LogP contribution in [0.5, 0.6) is 11.5 Å². The molecule has 1 aromatic heterocycles. The SMILES string of the molecule is O=C(Nc1[nH]nc2c1CN(c1cccc3ccccc13)C2)c1ccc(Oc2ccccc2)cc1. The summed E-state index contributed by atoms with van der Waals surface area (Å²) >= 11 is 0. The van der Waals surface area contributed by atoms with Crippen LogP contribution in [0.1, 0.15) is 21.6 Å². The van der Waals surface area contributed by atoms with Crippen LogP contribution in [0.3, 0.4) is 0 Å². The van der Waals surface area contributed by atoms with Gasteiger partial charge in [0.2, 0.25) is 0 Å². The Balaban J connectivity index is 1.17. The summed E-state index contributed by atoms with van der Waals surface area (Å²) < 4.78 is 5.81. The molecule has 166 valence electrons. The van der Waals surface area contributed by atoms with Crippen molar-refractivity contribution in [2.24, 2.45) is 0 Å². The van der Waals surface area contributed by atoms with Crippen molar-refractivity contribution >= 4 is 28.2 Å². The van der Waals surface area contributed by atoms with Crippen molar-refractivity contribution in [2.45, 2.75) is 13.1 Å². The summed E-state index contributed by atoms with van der Waals surface area (Å²) in [5, 5.41) is 12.9. The molecular formula is C28H22N4O2. The van der Waals surface area contributed by atoms with E-state index in [1.807, 2.05) is 30.3 Å². The second-order valence-corrected chi connectivity index (χ2v) is 8.27. The average molecular weight is 447 g/mol. The van der Waals surface area contributed by atoms with Gasteiger partial charge in [0, 0.05) is 28.7 Å². The highest BCUT2D eigenvalue weighted by Gasteiger charge is 2.27. The van der Waals surface area contributed by atoms with E-state index >= 15 is 0 Å². The molecule has 2 heterocycles. The summed E-state index contributed by atoms with van der Waals surface area (Å²) in [6.45, 7) is 1.38. The number of amides is 1. The Bertz CT molecular complexity index is 1470. The average Bonchev–Trinajstić information content (AvgIpc) is 3.46. The number of hydrogen-bond acceptors (Lipinski definition) is 4. The quantitative estimate of drug-likeness (QED) is 0.341. The van der Waals surface area contributed by atoms with Crippen LogP contribution in [0.15, 0.2) is 97.1 Å². The van der Waals surface area contributed by atoms with Gasteiger partial charge in [0.05, 0.1) is 12.2 Å². The van der Waals surface area contributed by atoms with Crippen LogP contribution in [0.2, 0.25) is 0 Å². The van der Waals surface area contributed by atoms with Crippen LogP contribution in [0.4, 0.5) is 11.5 Å². The number of aromatic nitrogens is 2. The minimum Gasteiger partial charge on any atom is -0.457 e. The number of fused-ring (bicyclic) bond motifs is 2. The topological polar surface area (TPSA) is 70.2 Å². The van der Waals surface area contributed by atoms with Crippen molar-refractivity contribution in [3.8, 4) is 11.5 Å². The van der Waals surface area contributed by atoms with E-state index in [1.54, 1.807) is 24.3 Å². The second-order valence-electron chi connectivity index (χ2n) is 8.27. The molecule has 0 saturated carbocycles. The molecule has 6 nitrogen and oxygen atoms in total. The third-order valence-corrected chi connectivity index (χ3v) is 6.08. The number of nitrogens with zero attached hydrogens (tertiary/aromatic N) is 2. The Labute approximate surface area is 196 Å². The molecule has 1 amide bonds. The van der Waals surface area contributed by atoms with Gasteiger partial charge < -0.3 is 15.0 Å². The van der Waals surface area contributed by atoms with Gasteiger partial charge in [-0.05, 0) is 47.9 Å². The maximum Gasteiger partial charge on any atom is 0.256 e. The molecule has 0 saturated heterocycles. The predicted molar refractivity (Wildman–Crippen MR) is 133 cm³/mol. The molecule has 1 aliphatic heterocycles. The maximum absolute atomic E-state index is 12.9. The molecule has 0 atom stereocenters. The lowest BCUT2D eigenvalue weighted by atomic mass is 10.1. The summed E-state index contributed by atoms with van der Waals surface area (Å²) in [4.78, 5) is 15.2. The fraction of sp³-hybridized carbons (Fsp3) is 0.0714. The van der Waals surface area contributed by atoms with Gasteiger partial charge >= 0.3 is 0 Å². The summed E-state index contributed by atoms with van der Waals surface area (Å²) in [7, 11) is 0. The van der Waals surface area contributed by atoms with Crippen molar-refractivity contribution < 1.29 is 9.53 Å². The number of hydrogen-bond donors (Lipinski definition) is 2. The van der Waals surface area contributed by atoms with Gasteiger partial charge in [0.25, 0.3) is 5.91 Å². The van der Waals surface area contributed by atoms with Crippen molar-refractivity contribution in [3.63, 3.8) is 0 Å². The van der Waals surface area contributed by atoms with Crippen molar-refractivity contribution in [2.75, 3.05) is 10.2 Å².